The van der Waals surface area contributed by atoms with Crippen molar-refractivity contribution in [2.45, 2.75) is 39.8 Å². The molecule has 39 heavy (non-hydrogen) atoms. The molecule has 4 rings (SSSR count). The van der Waals surface area contributed by atoms with E-state index in [4.69, 9.17) is 25.4 Å². The molecule has 0 radical (unpaired) electrons. The molecule has 0 unspecified atom stereocenters. The van der Waals surface area contributed by atoms with E-state index < -0.39 is 12.0 Å². The van der Waals surface area contributed by atoms with Crippen LogP contribution in [-0.2, 0) is 9.53 Å². The van der Waals surface area contributed by atoms with E-state index in [2.05, 4.69) is 10.9 Å². The lowest BCUT2D eigenvalue weighted by atomic mass is 9.95. The minimum Gasteiger partial charge on any atom is -0.493 e. The summed E-state index contributed by atoms with van der Waals surface area (Å²) in [5.74, 6) is 3.60. The van der Waals surface area contributed by atoms with E-state index in [1.165, 1.54) is 15.9 Å². The number of hydrogen-bond acceptors (Lipinski definition) is 8. The van der Waals surface area contributed by atoms with Crippen molar-refractivity contribution < 1.29 is 23.7 Å². The van der Waals surface area contributed by atoms with E-state index in [1.54, 1.807) is 51.3 Å². The van der Waals surface area contributed by atoms with Crippen LogP contribution >= 0.6 is 11.3 Å². The number of ether oxygens (including phenoxy) is 4. The molecule has 0 saturated heterocycles. The molecule has 1 aliphatic heterocycles. The Balaban J connectivity index is 1.87. The average molecular weight is 547 g/mol. The number of nitrogens with zero attached hydrogens (tertiary/aromatic N) is 2. The number of carbonyl (C=O) groups excluding carboxylic acids is 1. The first kappa shape index (κ1) is 27.7. The van der Waals surface area contributed by atoms with E-state index in [9.17, 15) is 9.59 Å². The van der Waals surface area contributed by atoms with Gasteiger partial charge in [-0.2, -0.15) is 0 Å². The highest BCUT2D eigenvalue weighted by molar-refractivity contribution is 7.07. The summed E-state index contributed by atoms with van der Waals surface area (Å²) in [6.45, 7) is 7.71. The number of rotatable bonds is 9. The van der Waals surface area contributed by atoms with Gasteiger partial charge in [0.05, 0.1) is 41.7 Å². The Morgan fingerprint density at radius 3 is 2.59 bits per heavy atom. The lowest BCUT2D eigenvalue weighted by Crippen LogP contribution is -2.40. The first-order valence-electron chi connectivity index (χ1n) is 12.5. The van der Waals surface area contributed by atoms with E-state index in [0.717, 1.165) is 5.56 Å². The molecule has 0 saturated carbocycles. The van der Waals surface area contributed by atoms with Crippen LogP contribution in [0, 0.1) is 12.3 Å². The van der Waals surface area contributed by atoms with Crippen molar-refractivity contribution in [3.63, 3.8) is 0 Å². The molecular weight excluding hydrogens is 516 g/mol. The smallest absolute Gasteiger partial charge is 0.338 e. The molecular formula is C30H30N2O6S. The van der Waals surface area contributed by atoms with Crippen molar-refractivity contribution in [1.29, 1.82) is 0 Å². The summed E-state index contributed by atoms with van der Waals surface area (Å²) in [5, 5.41) is 0. The van der Waals surface area contributed by atoms with Crippen molar-refractivity contribution in [3.05, 3.63) is 84.5 Å². The van der Waals surface area contributed by atoms with Gasteiger partial charge in [-0.1, -0.05) is 35.5 Å². The van der Waals surface area contributed by atoms with Gasteiger partial charge in [0.2, 0.25) is 0 Å². The van der Waals surface area contributed by atoms with Gasteiger partial charge in [-0.25, -0.2) is 9.79 Å². The Morgan fingerprint density at radius 2 is 1.95 bits per heavy atom. The zero-order valence-electron chi connectivity index (χ0n) is 22.5. The lowest BCUT2D eigenvalue weighted by Gasteiger charge is -2.25. The van der Waals surface area contributed by atoms with Gasteiger partial charge >= 0.3 is 5.97 Å². The Bertz CT molecular complexity index is 1620. The third-order valence-corrected chi connectivity index (χ3v) is 6.87. The van der Waals surface area contributed by atoms with Crippen molar-refractivity contribution in [3.8, 4) is 29.6 Å². The average Bonchev–Trinajstić information content (AvgIpc) is 3.21. The molecule has 3 aromatic rings. The van der Waals surface area contributed by atoms with Crippen LogP contribution in [0.4, 0.5) is 0 Å². The maximum atomic E-state index is 13.8. The van der Waals surface area contributed by atoms with Crippen LogP contribution in [0.15, 0.2) is 63.5 Å². The van der Waals surface area contributed by atoms with Gasteiger partial charge in [-0.3, -0.25) is 9.36 Å². The number of fused-ring (bicyclic) bond motifs is 1. The Labute approximate surface area is 230 Å². The highest BCUT2D eigenvalue weighted by atomic mass is 32.1. The summed E-state index contributed by atoms with van der Waals surface area (Å²) in [7, 11) is 1.55. The second kappa shape index (κ2) is 12.0. The van der Waals surface area contributed by atoms with Crippen LogP contribution in [0.5, 0.6) is 17.2 Å². The summed E-state index contributed by atoms with van der Waals surface area (Å²) in [5.41, 5.74) is 1.99. The van der Waals surface area contributed by atoms with E-state index in [1.807, 2.05) is 32.0 Å². The molecule has 2 heterocycles. The van der Waals surface area contributed by atoms with Crippen LogP contribution in [0.2, 0.25) is 0 Å². The van der Waals surface area contributed by atoms with Crippen LogP contribution in [0.1, 0.15) is 44.9 Å². The van der Waals surface area contributed by atoms with Crippen molar-refractivity contribution in [2.75, 3.05) is 20.3 Å². The first-order valence-corrected chi connectivity index (χ1v) is 13.3. The monoisotopic (exact) mass is 546 g/mol. The molecule has 1 aromatic heterocycles. The molecule has 0 fully saturated rings. The van der Waals surface area contributed by atoms with Gasteiger partial charge in [-0.05, 0) is 69.2 Å². The molecule has 0 N–H and O–H groups in total. The standard InChI is InChI=1S/C30H30N2O6S/c1-7-15-37-22-12-9-20(10-13-22)16-25-28(33)32-27(21-11-14-23(38-18(3)4)24(17-21)35-6)26(29(34)36-8-2)19(5)31-30(32)39-25/h1,9-14,16-18,27H,8,15H2,2-6H3/b25-16-/t27-/m1/s1. The second-order valence-electron chi connectivity index (χ2n) is 8.94. The molecule has 2 aromatic carbocycles. The predicted molar refractivity (Wildman–Crippen MR) is 150 cm³/mol. The van der Waals surface area contributed by atoms with E-state index in [-0.39, 0.29) is 24.9 Å². The number of benzene rings is 2. The summed E-state index contributed by atoms with van der Waals surface area (Å²) < 4.78 is 24.3. The van der Waals surface area contributed by atoms with Gasteiger partial charge in [0.15, 0.2) is 16.3 Å². The highest BCUT2D eigenvalue weighted by Gasteiger charge is 2.34. The number of terminal acetylenes is 1. The Kier molecular flexibility index (Phi) is 8.57. The van der Waals surface area contributed by atoms with Crippen LogP contribution < -0.4 is 29.1 Å². The van der Waals surface area contributed by atoms with Gasteiger partial charge in [0.25, 0.3) is 5.56 Å². The fourth-order valence-corrected chi connectivity index (χ4v) is 5.30. The second-order valence-corrected chi connectivity index (χ2v) is 9.95. The highest BCUT2D eigenvalue weighted by Crippen LogP contribution is 2.36. The summed E-state index contributed by atoms with van der Waals surface area (Å²) in [6, 6.07) is 11.9. The summed E-state index contributed by atoms with van der Waals surface area (Å²) in [4.78, 5) is 32.1. The lowest BCUT2D eigenvalue weighted by molar-refractivity contribution is -0.139. The van der Waals surface area contributed by atoms with Crippen LogP contribution in [0.3, 0.4) is 0 Å². The minimum absolute atomic E-state index is 0.0578. The molecule has 0 aliphatic carbocycles. The van der Waals surface area contributed by atoms with Gasteiger partial charge in [-0.15, -0.1) is 6.42 Å². The normalized spacial score (nSPS) is 14.9. The molecule has 0 spiro atoms. The quantitative estimate of drug-likeness (QED) is 0.301. The zero-order chi connectivity index (χ0) is 28.1. The fraction of sp³-hybridized carbons (Fsp3) is 0.300. The number of thiazole rings is 1. The van der Waals surface area contributed by atoms with Gasteiger partial charge in [0, 0.05) is 0 Å². The maximum absolute atomic E-state index is 13.8. The van der Waals surface area contributed by atoms with Gasteiger partial charge in [0.1, 0.15) is 12.4 Å². The minimum atomic E-state index is -0.760. The number of carbonyl (C=O) groups is 1. The van der Waals surface area contributed by atoms with Crippen molar-refractivity contribution in [2.24, 2.45) is 4.99 Å². The number of methoxy groups -OCH3 is 1. The molecule has 1 aliphatic rings. The predicted octanol–water partition coefficient (Wildman–Crippen LogP) is 3.61. The van der Waals surface area contributed by atoms with Crippen LogP contribution in [0.25, 0.3) is 6.08 Å². The number of hydrogen-bond donors (Lipinski definition) is 0. The summed E-state index contributed by atoms with van der Waals surface area (Å²) >= 11 is 1.25. The van der Waals surface area contributed by atoms with E-state index >= 15 is 0 Å². The van der Waals surface area contributed by atoms with Crippen LogP contribution in [-0.4, -0.2) is 37.0 Å². The SMILES string of the molecule is C#CCOc1ccc(/C=c2\sc3n(c2=O)[C@H](c2ccc(OC(C)C)c(OC)c2)C(C(=O)OCC)=C(C)N=3)cc1. The number of allylic oxidation sites excluding steroid dienone is 1. The topological polar surface area (TPSA) is 88.3 Å². The molecule has 202 valence electrons. The maximum Gasteiger partial charge on any atom is 0.338 e. The molecule has 0 bridgehead atoms. The van der Waals surface area contributed by atoms with Crippen molar-refractivity contribution in [1.82, 2.24) is 4.57 Å². The van der Waals surface area contributed by atoms with Gasteiger partial charge < -0.3 is 18.9 Å². The third-order valence-electron chi connectivity index (χ3n) is 5.88. The number of esters is 1. The molecule has 9 heteroatoms. The van der Waals surface area contributed by atoms with Crippen molar-refractivity contribution >= 4 is 23.4 Å². The third kappa shape index (κ3) is 5.91. The Morgan fingerprint density at radius 1 is 1.21 bits per heavy atom. The summed E-state index contributed by atoms with van der Waals surface area (Å²) in [6.07, 6.45) is 6.98. The fourth-order valence-electron chi connectivity index (χ4n) is 4.25. The zero-order valence-corrected chi connectivity index (χ0v) is 23.3. The Hall–Kier alpha value is -4.29. The molecule has 0 amide bonds. The van der Waals surface area contributed by atoms with E-state index in [0.29, 0.717) is 43.4 Å². The largest absolute Gasteiger partial charge is 0.493 e. The number of aromatic nitrogens is 1. The molecule has 8 nitrogen and oxygen atoms in total. The first-order chi connectivity index (χ1) is 18.8. The molecule has 1 atom stereocenters.